The molecule has 1 unspecified atom stereocenters. The third-order valence-electron chi connectivity index (χ3n) is 3.71. The van der Waals surface area contributed by atoms with Gasteiger partial charge in [0.05, 0.1) is 0 Å². The molecule has 1 aromatic carbocycles. The van der Waals surface area contributed by atoms with E-state index in [0.717, 1.165) is 12.0 Å². The molecule has 0 radical (unpaired) electrons. The zero-order chi connectivity index (χ0) is 15.2. The van der Waals surface area contributed by atoms with E-state index in [2.05, 4.69) is 5.32 Å². The molecule has 6 nitrogen and oxygen atoms in total. The van der Waals surface area contributed by atoms with Crippen LogP contribution in [0.1, 0.15) is 12.0 Å². The minimum Gasteiger partial charge on any atom is -0.480 e. The second kappa shape index (κ2) is 7.08. The van der Waals surface area contributed by atoms with Crippen LogP contribution in [0.25, 0.3) is 0 Å². The van der Waals surface area contributed by atoms with Crippen LogP contribution in [0.4, 0.5) is 4.79 Å². The monoisotopic (exact) mass is 292 g/mol. The average molecular weight is 292 g/mol. The van der Waals surface area contributed by atoms with Crippen molar-refractivity contribution in [2.24, 2.45) is 5.92 Å². The molecule has 1 saturated heterocycles. The van der Waals surface area contributed by atoms with Gasteiger partial charge in [0, 0.05) is 32.0 Å². The number of carboxylic acid groups (broad SMARTS) is 1. The fourth-order valence-electron chi connectivity index (χ4n) is 2.46. The van der Waals surface area contributed by atoms with Gasteiger partial charge in [-0.2, -0.15) is 0 Å². The Morgan fingerprint density at radius 1 is 1.33 bits per heavy atom. The summed E-state index contributed by atoms with van der Waals surface area (Å²) in [5.41, 5.74) is 0.861. The number of aliphatic hydroxyl groups excluding tert-OH is 1. The van der Waals surface area contributed by atoms with Crippen LogP contribution in [0, 0.1) is 5.92 Å². The summed E-state index contributed by atoms with van der Waals surface area (Å²) in [6.07, 6.45) is 1.000. The van der Waals surface area contributed by atoms with Gasteiger partial charge in [0.15, 0.2) is 0 Å². The van der Waals surface area contributed by atoms with E-state index < -0.39 is 12.0 Å². The van der Waals surface area contributed by atoms with Crippen molar-refractivity contribution in [1.82, 2.24) is 10.2 Å². The number of amides is 2. The first-order valence-corrected chi connectivity index (χ1v) is 7.03. The minimum absolute atomic E-state index is 0.0517. The van der Waals surface area contributed by atoms with E-state index in [-0.39, 0.29) is 25.0 Å². The number of carbonyl (C=O) groups is 2. The number of rotatable bonds is 5. The topological polar surface area (TPSA) is 89.9 Å². The van der Waals surface area contributed by atoms with E-state index in [9.17, 15) is 14.7 Å². The summed E-state index contributed by atoms with van der Waals surface area (Å²) in [6, 6.07) is 7.86. The third-order valence-corrected chi connectivity index (χ3v) is 3.71. The van der Waals surface area contributed by atoms with Crippen molar-refractivity contribution in [2.45, 2.75) is 18.9 Å². The molecule has 21 heavy (non-hydrogen) atoms. The average Bonchev–Trinajstić information content (AvgIpc) is 2.96. The van der Waals surface area contributed by atoms with E-state index in [1.165, 1.54) is 0 Å². The summed E-state index contributed by atoms with van der Waals surface area (Å²) < 4.78 is 0. The van der Waals surface area contributed by atoms with Gasteiger partial charge in [0.25, 0.3) is 0 Å². The number of aliphatic hydroxyl groups is 1. The molecule has 1 aliphatic heterocycles. The third kappa shape index (κ3) is 4.19. The first-order chi connectivity index (χ1) is 10.1. The molecule has 114 valence electrons. The fraction of sp³-hybridized carbons (Fsp3) is 0.467. The second-order valence-corrected chi connectivity index (χ2v) is 5.31. The molecule has 0 aliphatic carbocycles. The van der Waals surface area contributed by atoms with Crippen LogP contribution >= 0.6 is 0 Å². The lowest BCUT2D eigenvalue weighted by Crippen LogP contribution is -2.48. The summed E-state index contributed by atoms with van der Waals surface area (Å²) in [6.45, 7) is 1.07. The Morgan fingerprint density at radius 3 is 2.62 bits per heavy atom. The first-order valence-electron chi connectivity index (χ1n) is 7.03. The molecule has 0 bridgehead atoms. The highest BCUT2D eigenvalue weighted by Gasteiger charge is 2.28. The van der Waals surface area contributed by atoms with Gasteiger partial charge in [-0.1, -0.05) is 30.3 Å². The standard InChI is InChI=1S/C15H20N2O4/c18-10-12-6-7-17(9-12)15(21)16-13(14(19)20)8-11-4-2-1-3-5-11/h1-5,12-13,18H,6-10H2,(H,16,21)(H,19,20)/t12?,13-/m1/s1. The van der Waals surface area contributed by atoms with Crippen LogP contribution < -0.4 is 5.32 Å². The summed E-state index contributed by atoms with van der Waals surface area (Å²) in [7, 11) is 0. The fourth-order valence-corrected chi connectivity index (χ4v) is 2.46. The Morgan fingerprint density at radius 2 is 2.05 bits per heavy atom. The highest BCUT2D eigenvalue weighted by molar-refractivity contribution is 5.83. The molecule has 3 N–H and O–H groups in total. The van der Waals surface area contributed by atoms with Crippen LogP contribution in [-0.2, 0) is 11.2 Å². The molecule has 6 heteroatoms. The van der Waals surface area contributed by atoms with Crippen molar-refractivity contribution in [3.05, 3.63) is 35.9 Å². The predicted molar refractivity (Wildman–Crippen MR) is 76.9 cm³/mol. The van der Waals surface area contributed by atoms with Crippen molar-refractivity contribution in [3.8, 4) is 0 Å². The smallest absolute Gasteiger partial charge is 0.326 e. The molecule has 1 aromatic rings. The number of nitrogens with zero attached hydrogens (tertiary/aromatic N) is 1. The SMILES string of the molecule is O=C(O)[C@@H](Cc1ccccc1)NC(=O)N1CCC(CO)C1. The van der Waals surface area contributed by atoms with Crippen LogP contribution in [0.5, 0.6) is 0 Å². The quantitative estimate of drug-likeness (QED) is 0.745. The molecule has 1 heterocycles. The number of carbonyl (C=O) groups excluding carboxylic acids is 1. The van der Waals surface area contributed by atoms with Crippen LogP contribution in [0.3, 0.4) is 0 Å². The van der Waals surface area contributed by atoms with Gasteiger partial charge in [-0.25, -0.2) is 9.59 Å². The molecule has 0 spiro atoms. The van der Waals surface area contributed by atoms with Gasteiger partial charge < -0.3 is 20.4 Å². The Kier molecular flexibility index (Phi) is 5.16. The molecule has 2 amide bonds. The number of hydrogen-bond acceptors (Lipinski definition) is 3. The van der Waals surface area contributed by atoms with Crippen LogP contribution in [0.15, 0.2) is 30.3 Å². The molecular weight excluding hydrogens is 272 g/mol. The van der Waals surface area contributed by atoms with Gasteiger partial charge in [0.1, 0.15) is 6.04 Å². The van der Waals surface area contributed by atoms with E-state index in [1.54, 1.807) is 4.90 Å². The van der Waals surface area contributed by atoms with Gasteiger partial charge in [-0.05, 0) is 12.0 Å². The van der Waals surface area contributed by atoms with E-state index in [0.29, 0.717) is 13.1 Å². The number of hydrogen-bond donors (Lipinski definition) is 3. The summed E-state index contributed by atoms with van der Waals surface area (Å²) >= 11 is 0. The maximum atomic E-state index is 12.1. The highest BCUT2D eigenvalue weighted by atomic mass is 16.4. The zero-order valence-electron chi connectivity index (χ0n) is 11.7. The van der Waals surface area contributed by atoms with Gasteiger partial charge in [-0.15, -0.1) is 0 Å². The summed E-state index contributed by atoms with van der Waals surface area (Å²) in [4.78, 5) is 24.9. The normalized spacial score (nSPS) is 19.3. The largest absolute Gasteiger partial charge is 0.480 e. The molecule has 1 fully saturated rings. The minimum atomic E-state index is -1.05. The Balaban J connectivity index is 1.94. The van der Waals surface area contributed by atoms with Gasteiger partial charge in [0.2, 0.25) is 0 Å². The van der Waals surface area contributed by atoms with E-state index in [4.69, 9.17) is 5.11 Å². The first kappa shape index (κ1) is 15.3. The number of nitrogens with one attached hydrogen (secondary N) is 1. The highest BCUT2D eigenvalue weighted by Crippen LogP contribution is 2.15. The lowest BCUT2D eigenvalue weighted by molar-refractivity contribution is -0.139. The molecule has 1 aliphatic rings. The molecule has 0 aromatic heterocycles. The maximum Gasteiger partial charge on any atom is 0.326 e. The Labute approximate surface area is 123 Å². The van der Waals surface area contributed by atoms with E-state index >= 15 is 0 Å². The molecular formula is C15H20N2O4. The van der Waals surface area contributed by atoms with E-state index in [1.807, 2.05) is 30.3 Å². The second-order valence-electron chi connectivity index (χ2n) is 5.31. The summed E-state index contributed by atoms with van der Waals surface area (Å²) in [5.74, 6) is -0.960. The lowest BCUT2D eigenvalue weighted by atomic mass is 10.1. The Hall–Kier alpha value is -2.08. The van der Waals surface area contributed by atoms with Gasteiger partial charge >= 0.3 is 12.0 Å². The number of likely N-dealkylation sites (tertiary alicyclic amines) is 1. The van der Waals surface area contributed by atoms with Crippen molar-refractivity contribution in [1.29, 1.82) is 0 Å². The van der Waals surface area contributed by atoms with Crippen molar-refractivity contribution in [2.75, 3.05) is 19.7 Å². The zero-order valence-corrected chi connectivity index (χ0v) is 11.7. The number of carboxylic acids is 1. The van der Waals surface area contributed by atoms with Crippen LogP contribution in [0.2, 0.25) is 0 Å². The van der Waals surface area contributed by atoms with Crippen molar-refractivity contribution < 1.29 is 19.8 Å². The number of urea groups is 1. The van der Waals surface area contributed by atoms with Crippen molar-refractivity contribution in [3.63, 3.8) is 0 Å². The predicted octanol–water partition coefficient (Wildman–Crippen LogP) is 0.706. The number of aliphatic carboxylic acids is 1. The molecule has 2 rings (SSSR count). The van der Waals surface area contributed by atoms with Crippen molar-refractivity contribution >= 4 is 12.0 Å². The van der Waals surface area contributed by atoms with Gasteiger partial charge in [-0.3, -0.25) is 0 Å². The lowest BCUT2D eigenvalue weighted by Gasteiger charge is -2.21. The number of benzene rings is 1. The van der Waals surface area contributed by atoms with Crippen LogP contribution in [-0.4, -0.2) is 52.9 Å². The molecule has 0 saturated carbocycles. The molecule has 2 atom stereocenters. The Bertz CT molecular complexity index is 492. The maximum absolute atomic E-state index is 12.1. The summed E-state index contributed by atoms with van der Waals surface area (Å²) in [5, 5.41) is 20.9.